The van der Waals surface area contributed by atoms with Gasteiger partial charge in [-0.2, -0.15) is 0 Å². The number of hydrogen-bond acceptors (Lipinski definition) is 10. The van der Waals surface area contributed by atoms with Crippen molar-refractivity contribution < 1.29 is 33.5 Å². The van der Waals surface area contributed by atoms with Crippen molar-refractivity contribution in [1.29, 1.82) is 0 Å². The number of aromatic nitrogens is 3. The lowest BCUT2D eigenvalue weighted by Gasteiger charge is -2.14. The molecule has 0 amide bonds. The van der Waals surface area contributed by atoms with E-state index in [2.05, 4.69) is 22.6 Å². The number of esters is 2. The molecule has 0 aliphatic carbocycles. The molecule has 0 aliphatic heterocycles. The van der Waals surface area contributed by atoms with Gasteiger partial charge >= 0.3 is 29.0 Å². The number of ketones is 2. The zero-order valence-corrected chi connectivity index (χ0v) is 16.7. The highest BCUT2D eigenvalue weighted by Gasteiger charge is 2.19. The summed E-state index contributed by atoms with van der Waals surface area (Å²) in [5.41, 5.74) is -3.38. The van der Waals surface area contributed by atoms with E-state index in [1.165, 1.54) is 0 Å². The number of hydrogen-bond donors (Lipinski definition) is 0. The molecule has 0 saturated heterocycles. The predicted molar refractivity (Wildman–Crippen MR) is 103 cm³/mol. The van der Waals surface area contributed by atoms with Crippen LogP contribution in [-0.2, 0) is 41.7 Å². The predicted octanol–water partition coefficient (Wildman–Crippen LogP) is -2.39. The third kappa shape index (κ3) is 6.48. The average Bonchev–Trinajstić information content (AvgIpc) is 2.76. The Morgan fingerprint density at radius 3 is 1.55 bits per heavy atom. The van der Waals surface area contributed by atoms with Gasteiger partial charge in [-0.15, -0.1) is 0 Å². The van der Waals surface area contributed by atoms with Gasteiger partial charge in [0.2, 0.25) is 0 Å². The Hall–Kier alpha value is -4.03. The second-order valence-corrected chi connectivity index (χ2v) is 5.69. The lowest BCUT2D eigenvalue weighted by Crippen LogP contribution is -2.57. The van der Waals surface area contributed by atoms with E-state index in [-0.39, 0.29) is 6.61 Å². The third-order valence-corrected chi connectivity index (χ3v) is 3.56. The molecule has 0 fully saturated rings. The molecule has 0 bridgehead atoms. The van der Waals surface area contributed by atoms with E-state index in [0.29, 0.717) is 20.3 Å². The Morgan fingerprint density at radius 2 is 1.19 bits per heavy atom. The van der Waals surface area contributed by atoms with E-state index in [4.69, 9.17) is 4.84 Å². The summed E-state index contributed by atoms with van der Waals surface area (Å²) < 4.78 is 10.7. The first-order chi connectivity index (χ1) is 14.7. The molecular weight excluding hydrogens is 418 g/mol. The number of nitrogens with zero attached hydrogens (tertiary/aromatic N) is 3. The molecule has 1 aromatic heterocycles. The smallest absolute Gasteiger partial charge is 0.379 e. The first kappa shape index (κ1) is 25.0. The first-order valence-corrected chi connectivity index (χ1v) is 8.96. The molecule has 0 N–H and O–H groups in total. The summed E-state index contributed by atoms with van der Waals surface area (Å²) in [5.74, 6) is -4.51. The van der Waals surface area contributed by atoms with Crippen molar-refractivity contribution in [3.63, 3.8) is 0 Å². The molecule has 1 rings (SSSR count). The second-order valence-electron chi connectivity index (χ2n) is 5.69. The number of carbonyl (C=O) groups is 4. The first-order valence-electron chi connectivity index (χ1n) is 8.96. The van der Waals surface area contributed by atoms with Crippen molar-refractivity contribution in [1.82, 2.24) is 13.9 Å². The highest BCUT2D eigenvalue weighted by molar-refractivity contribution is 6.38. The van der Waals surface area contributed by atoms with Crippen LogP contribution in [0, 0.1) is 0 Å². The Kier molecular flexibility index (Phi) is 9.56. The van der Waals surface area contributed by atoms with Gasteiger partial charge in [0, 0.05) is 0 Å². The van der Waals surface area contributed by atoms with Gasteiger partial charge in [-0.1, -0.05) is 24.8 Å². The van der Waals surface area contributed by atoms with Gasteiger partial charge in [0.25, 0.3) is 11.6 Å². The van der Waals surface area contributed by atoms with E-state index in [1.807, 2.05) is 0 Å². The van der Waals surface area contributed by atoms with Crippen LogP contribution in [0.2, 0.25) is 0 Å². The molecule has 0 saturated carbocycles. The van der Waals surface area contributed by atoms with E-state index in [0.717, 1.165) is 12.2 Å². The topological polar surface area (TPSA) is 162 Å². The van der Waals surface area contributed by atoms with Crippen LogP contribution >= 0.6 is 0 Å². The fraction of sp³-hybridized carbons (Fsp3) is 0.389. The van der Waals surface area contributed by atoms with Crippen LogP contribution in [0.25, 0.3) is 0 Å². The number of carbonyl (C=O) groups excluding carboxylic acids is 4. The quantitative estimate of drug-likeness (QED) is 0.184. The van der Waals surface area contributed by atoms with Crippen LogP contribution in [-0.4, -0.2) is 57.2 Å². The Morgan fingerprint density at radius 1 is 0.774 bits per heavy atom. The van der Waals surface area contributed by atoms with Crippen LogP contribution in [0.3, 0.4) is 0 Å². The van der Waals surface area contributed by atoms with Gasteiger partial charge in [0.05, 0.1) is 13.1 Å². The lowest BCUT2D eigenvalue weighted by molar-refractivity contribution is -0.152. The third-order valence-electron chi connectivity index (χ3n) is 3.56. The molecule has 31 heavy (non-hydrogen) atoms. The highest BCUT2D eigenvalue weighted by Crippen LogP contribution is 1.87. The molecular formula is C18H21N3O10. The van der Waals surface area contributed by atoms with E-state index in [9.17, 15) is 33.6 Å². The van der Waals surface area contributed by atoms with Gasteiger partial charge in [-0.05, 0) is 18.6 Å². The Bertz CT molecular complexity index is 984. The summed E-state index contributed by atoms with van der Waals surface area (Å²) in [5, 5.41) is 0. The maximum atomic E-state index is 12.6. The highest BCUT2D eigenvalue weighted by atomic mass is 16.7. The molecule has 0 aliphatic rings. The minimum Gasteiger partial charge on any atom is -0.458 e. The molecule has 13 nitrogen and oxygen atoms in total. The summed E-state index contributed by atoms with van der Waals surface area (Å²) in [6, 6.07) is 0. The maximum Gasteiger partial charge on any atom is 0.379 e. The monoisotopic (exact) mass is 439 g/mol. The van der Waals surface area contributed by atoms with Crippen LogP contribution in [0.1, 0.15) is 13.3 Å². The number of rotatable bonds is 13. The van der Waals surface area contributed by atoms with Crippen molar-refractivity contribution >= 4 is 23.5 Å². The molecule has 0 atom stereocenters. The summed E-state index contributed by atoms with van der Waals surface area (Å²) in [6.45, 7) is 5.84. The van der Waals surface area contributed by atoms with Gasteiger partial charge < -0.3 is 14.3 Å². The van der Waals surface area contributed by atoms with E-state index >= 15 is 0 Å². The zero-order chi connectivity index (χ0) is 23.6. The molecule has 1 heterocycles. The summed E-state index contributed by atoms with van der Waals surface area (Å²) in [4.78, 5) is 87.6. The summed E-state index contributed by atoms with van der Waals surface area (Å²) in [7, 11) is 0. The van der Waals surface area contributed by atoms with Crippen molar-refractivity contribution in [3.05, 3.63) is 56.8 Å². The molecule has 0 spiro atoms. The van der Waals surface area contributed by atoms with Crippen molar-refractivity contribution in [2.24, 2.45) is 0 Å². The van der Waals surface area contributed by atoms with Crippen molar-refractivity contribution in [2.75, 3.05) is 19.8 Å². The molecule has 1 aromatic rings. The maximum absolute atomic E-state index is 12.6. The Labute approximate surface area is 174 Å². The van der Waals surface area contributed by atoms with Crippen molar-refractivity contribution in [2.45, 2.75) is 26.4 Å². The molecule has 0 unspecified atom stereocenters. The fourth-order valence-electron chi connectivity index (χ4n) is 2.05. The van der Waals surface area contributed by atoms with Gasteiger partial charge in [0.15, 0.2) is 0 Å². The molecule has 0 radical (unpaired) electrons. The summed E-state index contributed by atoms with van der Waals surface area (Å²) >= 11 is 0. The average molecular weight is 439 g/mol. The van der Waals surface area contributed by atoms with E-state index < -0.39 is 66.9 Å². The molecule has 168 valence electrons. The zero-order valence-electron chi connectivity index (χ0n) is 16.7. The normalized spacial score (nSPS) is 10.1. The standard InChI is InChI=1S/C18H21N3O10/c1-4-9-31-21-17(27)19(7-10-29-14(24)12(22)5-2)16(26)20(18(21)28)8-11-30-15(25)13(23)6-3/h5-6H,2-4,7-11H2,1H3. The van der Waals surface area contributed by atoms with Crippen LogP contribution in [0.5, 0.6) is 0 Å². The number of ether oxygens (including phenoxy) is 2. The second kappa shape index (κ2) is 11.8. The minimum atomic E-state index is -1.24. The van der Waals surface area contributed by atoms with Crippen LogP contribution in [0.15, 0.2) is 39.7 Å². The molecule has 13 heteroatoms. The van der Waals surface area contributed by atoms with Gasteiger partial charge in [-0.25, -0.2) is 33.1 Å². The largest absolute Gasteiger partial charge is 0.458 e. The van der Waals surface area contributed by atoms with Crippen molar-refractivity contribution in [3.8, 4) is 0 Å². The van der Waals surface area contributed by atoms with Gasteiger partial charge in [0.1, 0.15) is 19.8 Å². The Balaban J connectivity index is 3.18. The minimum absolute atomic E-state index is 0.0288. The molecule has 0 aromatic carbocycles. The summed E-state index contributed by atoms with van der Waals surface area (Å²) in [6.07, 6.45) is 1.91. The fourth-order valence-corrected chi connectivity index (χ4v) is 2.05. The van der Waals surface area contributed by atoms with E-state index in [1.54, 1.807) is 6.92 Å². The lowest BCUT2D eigenvalue weighted by atomic mass is 10.4. The SMILES string of the molecule is C=CC(=O)C(=O)OCCn1c(=O)n(CCOC(=O)C(=O)C=C)c(=O)n(OCCC)c1=O. The van der Waals surface area contributed by atoms with Crippen LogP contribution in [0.4, 0.5) is 0 Å². The van der Waals surface area contributed by atoms with Gasteiger partial charge in [-0.3, -0.25) is 9.59 Å². The van der Waals surface area contributed by atoms with Crippen LogP contribution < -0.4 is 21.9 Å².